The molecular formula is C13H19NO2. The van der Waals surface area contributed by atoms with E-state index in [0.29, 0.717) is 13.2 Å². The van der Waals surface area contributed by atoms with Gasteiger partial charge in [0, 0.05) is 18.3 Å². The van der Waals surface area contributed by atoms with Crippen LogP contribution in [0.4, 0.5) is 5.69 Å². The molecule has 1 aliphatic heterocycles. The molecule has 1 heterocycles. The molecule has 16 heavy (non-hydrogen) atoms. The zero-order chi connectivity index (χ0) is 11.4. The van der Waals surface area contributed by atoms with Crippen LogP contribution in [0.1, 0.15) is 25.8 Å². The number of hydrogen-bond donors (Lipinski definition) is 1. The predicted octanol–water partition coefficient (Wildman–Crippen LogP) is 2.84. The molecule has 1 N–H and O–H groups in total. The fourth-order valence-electron chi connectivity index (χ4n) is 2.01. The van der Waals surface area contributed by atoms with Crippen molar-refractivity contribution in [2.24, 2.45) is 0 Å². The number of anilines is 1. The summed E-state index contributed by atoms with van der Waals surface area (Å²) >= 11 is 0. The fourth-order valence-corrected chi connectivity index (χ4v) is 2.01. The van der Waals surface area contributed by atoms with Crippen LogP contribution in [0.15, 0.2) is 12.1 Å². The predicted molar refractivity (Wildman–Crippen MR) is 65.6 cm³/mol. The lowest BCUT2D eigenvalue weighted by molar-refractivity contribution is 0.287. The van der Waals surface area contributed by atoms with Crippen LogP contribution in [0.25, 0.3) is 0 Å². The van der Waals surface area contributed by atoms with Crippen LogP contribution in [-0.2, 0) is 6.42 Å². The highest BCUT2D eigenvalue weighted by Gasteiger charge is 2.14. The Morgan fingerprint density at radius 1 is 1.12 bits per heavy atom. The van der Waals surface area contributed by atoms with Crippen LogP contribution in [0.5, 0.6) is 11.5 Å². The number of rotatable bonds is 4. The van der Waals surface area contributed by atoms with Gasteiger partial charge in [0.25, 0.3) is 0 Å². The minimum Gasteiger partial charge on any atom is -0.490 e. The third-order valence-electron chi connectivity index (χ3n) is 2.71. The molecule has 0 amide bonds. The molecule has 0 aromatic heterocycles. The van der Waals surface area contributed by atoms with Crippen molar-refractivity contribution in [2.75, 3.05) is 25.1 Å². The average Bonchev–Trinajstić information content (AvgIpc) is 2.30. The Morgan fingerprint density at radius 2 is 1.81 bits per heavy atom. The van der Waals surface area contributed by atoms with Gasteiger partial charge in [0.2, 0.25) is 0 Å². The summed E-state index contributed by atoms with van der Waals surface area (Å²) in [6.45, 7) is 6.37. The van der Waals surface area contributed by atoms with E-state index in [9.17, 15) is 0 Å². The number of aryl methyl sites for hydroxylation is 1. The van der Waals surface area contributed by atoms with E-state index in [4.69, 9.17) is 9.47 Å². The molecule has 3 heteroatoms. The van der Waals surface area contributed by atoms with E-state index in [-0.39, 0.29) is 0 Å². The maximum atomic E-state index is 5.60. The van der Waals surface area contributed by atoms with Gasteiger partial charge in [-0.25, -0.2) is 0 Å². The summed E-state index contributed by atoms with van der Waals surface area (Å²) in [5.41, 5.74) is 2.52. The molecule has 0 fully saturated rings. The zero-order valence-corrected chi connectivity index (χ0v) is 10.0. The van der Waals surface area contributed by atoms with Crippen molar-refractivity contribution in [1.29, 1.82) is 0 Å². The molecule has 2 rings (SSSR count). The molecular weight excluding hydrogens is 202 g/mol. The van der Waals surface area contributed by atoms with Crippen molar-refractivity contribution in [1.82, 2.24) is 0 Å². The third kappa shape index (κ3) is 2.23. The molecule has 0 unspecified atom stereocenters. The highest BCUT2D eigenvalue weighted by atomic mass is 16.5. The lowest BCUT2D eigenvalue weighted by Crippen LogP contribution is -2.12. The van der Waals surface area contributed by atoms with Crippen LogP contribution < -0.4 is 14.8 Å². The number of nitrogens with one attached hydrogen (secondary N) is 1. The van der Waals surface area contributed by atoms with Crippen LogP contribution in [0.2, 0.25) is 0 Å². The first-order chi connectivity index (χ1) is 7.85. The summed E-state index contributed by atoms with van der Waals surface area (Å²) in [5, 5.41) is 3.40. The van der Waals surface area contributed by atoms with E-state index in [1.807, 2.05) is 13.8 Å². The highest BCUT2D eigenvalue weighted by Crippen LogP contribution is 2.35. The second kappa shape index (κ2) is 5.10. The first-order valence-corrected chi connectivity index (χ1v) is 6.01. The molecule has 0 bridgehead atoms. The number of ether oxygens (including phenoxy) is 2. The van der Waals surface area contributed by atoms with Gasteiger partial charge in [-0.05, 0) is 38.3 Å². The first-order valence-electron chi connectivity index (χ1n) is 6.01. The summed E-state index contributed by atoms with van der Waals surface area (Å²) in [5.74, 6) is 1.71. The smallest absolute Gasteiger partial charge is 0.163 e. The molecule has 1 aromatic rings. The van der Waals surface area contributed by atoms with Crippen molar-refractivity contribution in [3.8, 4) is 11.5 Å². The summed E-state index contributed by atoms with van der Waals surface area (Å²) < 4.78 is 11.2. The van der Waals surface area contributed by atoms with Gasteiger partial charge < -0.3 is 14.8 Å². The fraction of sp³-hybridized carbons (Fsp3) is 0.538. The Hall–Kier alpha value is -1.38. The van der Waals surface area contributed by atoms with Crippen molar-refractivity contribution in [3.05, 3.63) is 17.7 Å². The Balaban J connectivity index is 2.33. The van der Waals surface area contributed by atoms with Gasteiger partial charge in [-0.15, -0.1) is 0 Å². The molecule has 0 radical (unpaired) electrons. The number of fused-ring (bicyclic) bond motifs is 1. The van der Waals surface area contributed by atoms with Crippen molar-refractivity contribution >= 4 is 5.69 Å². The second-order valence-corrected chi connectivity index (χ2v) is 3.85. The Labute approximate surface area is 96.8 Å². The first kappa shape index (κ1) is 11.1. The monoisotopic (exact) mass is 221 g/mol. The normalized spacial score (nSPS) is 13.9. The van der Waals surface area contributed by atoms with Crippen LogP contribution >= 0.6 is 0 Å². The summed E-state index contributed by atoms with van der Waals surface area (Å²) in [7, 11) is 0. The lowest BCUT2D eigenvalue weighted by Gasteiger charge is -2.21. The SMILES string of the molecule is CCOc1cc2c(cc1OCC)NCCC2. The van der Waals surface area contributed by atoms with Crippen LogP contribution in [0, 0.1) is 0 Å². The maximum absolute atomic E-state index is 5.60. The lowest BCUT2D eigenvalue weighted by atomic mass is 10.0. The van der Waals surface area contributed by atoms with E-state index >= 15 is 0 Å². The quantitative estimate of drug-likeness (QED) is 0.848. The van der Waals surface area contributed by atoms with Crippen LogP contribution in [-0.4, -0.2) is 19.8 Å². The van der Waals surface area contributed by atoms with Crippen molar-refractivity contribution in [3.63, 3.8) is 0 Å². The Kier molecular flexibility index (Phi) is 3.54. The molecule has 88 valence electrons. The molecule has 0 spiro atoms. The molecule has 0 saturated carbocycles. The number of hydrogen-bond acceptors (Lipinski definition) is 3. The molecule has 0 saturated heterocycles. The largest absolute Gasteiger partial charge is 0.490 e. The second-order valence-electron chi connectivity index (χ2n) is 3.85. The minimum atomic E-state index is 0.666. The van der Waals surface area contributed by atoms with Crippen LogP contribution in [0.3, 0.4) is 0 Å². The average molecular weight is 221 g/mol. The molecule has 0 aliphatic carbocycles. The summed E-state index contributed by atoms with van der Waals surface area (Å²) in [6.07, 6.45) is 2.31. The molecule has 3 nitrogen and oxygen atoms in total. The van der Waals surface area contributed by atoms with E-state index in [1.165, 1.54) is 17.7 Å². The van der Waals surface area contributed by atoms with E-state index < -0.39 is 0 Å². The van der Waals surface area contributed by atoms with Crippen molar-refractivity contribution < 1.29 is 9.47 Å². The van der Waals surface area contributed by atoms with Gasteiger partial charge >= 0.3 is 0 Å². The van der Waals surface area contributed by atoms with Gasteiger partial charge in [-0.2, -0.15) is 0 Å². The Morgan fingerprint density at radius 3 is 2.50 bits per heavy atom. The Bertz CT molecular complexity index is 328. The highest BCUT2D eigenvalue weighted by molar-refractivity contribution is 5.61. The van der Waals surface area contributed by atoms with E-state index in [0.717, 1.165) is 24.5 Å². The van der Waals surface area contributed by atoms with Gasteiger partial charge in [0.15, 0.2) is 11.5 Å². The topological polar surface area (TPSA) is 30.5 Å². The van der Waals surface area contributed by atoms with Gasteiger partial charge in [-0.1, -0.05) is 0 Å². The molecule has 1 aliphatic rings. The maximum Gasteiger partial charge on any atom is 0.163 e. The minimum absolute atomic E-state index is 0.666. The van der Waals surface area contributed by atoms with Gasteiger partial charge in [0.1, 0.15) is 0 Å². The van der Waals surface area contributed by atoms with Gasteiger partial charge in [-0.3, -0.25) is 0 Å². The summed E-state index contributed by atoms with van der Waals surface area (Å²) in [6, 6.07) is 4.17. The molecule has 1 aromatic carbocycles. The summed E-state index contributed by atoms with van der Waals surface area (Å²) in [4.78, 5) is 0. The number of benzene rings is 1. The standard InChI is InChI=1S/C13H19NO2/c1-3-15-12-8-10-6-5-7-14-11(10)9-13(12)16-4-2/h8-9,14H,3-7H2,1-2H3. The molecule has 0 atom stereocenters. The van der Waals surface area contributed by atoms with E-state index in [1.54, 1.807) is 0 Å². The van der Waals surface area contributed by atoms with E-state index in [2.05, 4.69) is 17.4 Å². The van der Waals surface area contributed by atoms with Crippen molar-refractivity contribution in [2.45, 2.75) is 26.7 Å². The van der Waals surface area contributed by atoms with Gasteiger partial charge in [0.05, 0.1) is 13.2 Å². The third-order valence-corrected chi connectivity index (χ3v) is 2.71. The zero-order valence-electron chi connectivity index (χ0n) is 10.0.